The molecule has 1 heterocycles. The molecule has 0 unspecified atom stereocenters. The Labute approximate surface area is 111 Å². The molecule has 0 saturated carbocycles. The number of benzene rings is 1. The lowest BCUT2D eigenvalue weighted by Crippen LogP contribution is -2.12. The molecule has 0 bridgehead atoms. The molecular formula is C14H17N3O2. The van der Waals surface area contributed by atoms with Crippen molar-refractivity contribution in [2.24, 2.45) is 7.05 Å². The van der Waals surface area contributed by atoms with Crippen LogP contribution in [0.2, 0.25) is 0 Å². The summed E-state index contributed by atoms with van der Waals surface area (Å²) in [6, 6.07) is 10.1. The number of aromatic carboxylic acids is 1. The van der Waals surface area contributed by atoms with Crippen LogP contribution in [-0.4, -0.2) is 27.4 Å². The summed E-state index contributed by atoms with van der Waals surface area (Å²) in [6.07, 6.45) is 0.837. The molecule has 1 aromatic heterocycles. The van der Waals surface area contributed by atoms with Gasteiger partial charge in [0.1, 0.15) is 11.4 Å². The van der Waals surface area contributed by atoms with Gasteiger partial charge in [0.2, 0.25) is 0 Å². The number of rotatable bonds is 5. The zero-order valence-electron chi connectivity index (χ0n) is 11.1. The first-order valence-corrected chi connectivity index (χ1v) is 6.14. The van der Waals surface area contributed by atoms with Crippen molar-refractivity contribution in [3.8, 4) is 0 Å². The van der Waals surface area contributed by atoms with Gasteiger partial charge < -0.3 is 10.4 Å². The summed E-state index contributed by atoms with van der Waals surface area (Å²) in [7, 11) is 1.74. The minimum Gasteiger partial charge on any atom is -0.477 e. The lowest BCUT2D eigenvalue weighted by Gasteiger charge is -2.08. The van der Waals surface area contributed by atoms with E-state index in [0.717, 1.165) is 6.42 Å². The van der Waals surface area contributed by atoms with E-state index in [-0.39, 0.29) is 5.56 Å². The van der Waals surface area contributed by atoms with Crippen LogP contribution >= 0.6 is 0 Å². The third kappa shape index (κ3) is 2.93. The van der Waals surface area contributed by atoms with Crippen molar-refractivity contribution < 1.29 is 9.90 Å². The van der Waals surface area contributed by atoms with E-state index in [2.05, 4.69) is 10.4 Å². The lowest BCUT2D eigenvalue weighted by molar-refractivity contribution is 0.0697. The Morgan fingerprint density at radius 3 is 2.68 bits per heavy atom. The van der Waals surface area contributed by atoms with Gasteiger partial charge in [-0.05, 0) is 18.9 Å². The van der Waals surface area contributed by atoms with E-state index in [9.17, 15) is 9.90 Å². The molecule has 0 atom stereocenters. The summed E-state index contributed by atoms with van der Waals surface area (Å²) < 4.78 is 1.57. The molecule has 0 fully saturated rings. The van der Waals surface area contributed by atoms with Crippen molar-refractivity contribution in [3.63, 3.8) is 0 Å². The summed E-state index contributed by atoms with van der Waals surface area (Å²) in [6.45, 7) is 2.37. The molecule has 5 heteroatoms. The summed E-state index contributed by atoms with van der Waals surface area (Å²) in [4.78, 5) is 11.2. The second-order valence-corrected chi connectivity index (χ2v) is 4.40. The van der Waals surface area contributed by atoms with E-state index >= 15 is 0 Å². The summed E-state index contributed by atoms with van der Waals surface area (Å²) >= 11 is 0. The molecule has 0 saturated heterocycles. The van der Waals surface area contributed by atoms with Crippen LogP contribution in [0.3, 0.4) is 0 Å². The molecule has 0 spiro atoms. The number of carboxylic acid groups (broad SMARTS) is 1. The van der Waals surface area contributed by atoms with Gasteiger partial charge in [0, 0.05) is 13.6 Å². The molecule has 0 aliphatic rings. The van der Waals surface area contributed by atoms with E-state index < -0.39 is 5.97 Å². The van der Waals surface area contributed by atoms with Crippen molar-refractivity contribution in [1.29, 1.82) is 0 Å². The normalized spacial score (nSPS) is 10.4. The Balaban J connectivity index is 2.06. The maximum absolute atomic E-state index is 11.2. The van der Waals surface area contributed by atoms with Crippen LogP contribution < -0.4 is 5.32 Å². The predicted octanol–water partition coefficient (Wildman–Crippen LogP) is 2.08. The van der Waals surface area contributed by atoms with Crippen LogP contribution in [0, 0.1) is 6.92 Å². The first-order valence-electron chi connectivity index (χ1n) is 6.14. The summed E-state index contributed by atoms with van der Waals surface area (Å²) in [5.41, 5.74) is 1.98. The average molecular weight is 259 g/mol. The Hall–Kier alpha value is -2.30. The number of nitrogens with zero attached hydrogens (tertiary/aromatic N) is 2. The third-order valence-electron chi connectivity index (χ3n) is 2.99. The van der Waals surface area contributed by atoms with Gasteiger partial charge in [0.25, 0.3) is 0 Å². The van der Waals surface area contributed by atoms with Crippen molar-refractivity contribution >= 4 is 11.8 Å². The monoisotopic (exact) mass is 259 g/mol. The van der Waals surface area contributed by atoms with Gasteiger partial charge in [-0.2, -0.15) is 5.10 Å². The Morgan fingerprint density at radius 1 is 1.37 bits per heavy atom. The molecule has 2 aromatic rings. The van der Waals surface area contributed by atoms with Crippen molar-refractivity contribution in [1.82, 2.24) is 9.78 Å². The highest BCUT2D eigenvalue weighted by molar-refractivity contribution is 5.94. The molecule has 2 N–H and O–H groups in total. The molecule has 1 aromatic carbocycles. The van der Waals surface area contributed by atoms with Gasteiger partial charge in [-0.15, -0.1) is 0 Å². The minimum absolute atomic E-state index is 0.246. The zero-order valence-corrected chi connectivity index (χ0v) is 11.1. The second kappa shape index (κ2) is 5.56. The van der Waals surface area contributed by atoms with Gasteiger partial charge in [-0.25, -0.2) is 4.79 Å². The fourth-order valence-corrected chi connectivity index (χ4v) is 2.09. The Bertz CT molecular complexity index is 576. The van der Waals surface area contributed by atoms with Crippen LogP contribution in [-0.2, 0) is 13.5 Å². The highest BCUT2D eigenvalue weighted by atomic mass is 16.4. The number of carbonyl (C=O) groups is 1. The third-order valence-corrected chi connectivity index (χ3v) is 2.99. The summed E-state index contributed by atoms with van der Waals surface area (Å²) in [5.74, 6) is -0.395. The molecule has 0 aliphatic carbocycles. The van der Waals surface area contributed by atoms with Gasteiger partial charge in [-0.1, -0.05) is 30.3 Å². The first-order chi connectivity index (χ1) is 9.09. The van der Waals surface area contributed by atoms with E-state index in [4.69, 9.17) is 0 Å². The van der Waals surface area contributed by atoms with Gasteiger partial charge >= 0.3 is 5.97 Å². The maximum Gasteiger partial charge on any atom is 0.341 e. The molecule has 19 heavy (non-hydrogen) atoms. The van der Waals surface area contributed by atoms with E-state index in [1.54, 1.807) is 18.7 Å². The topological polar surface area (TPSA) is 67.2 Å². The van der Waals surface area contributed by atoms with E-state index in [0.29, 0.717) is 18.1 Å². The van der Waals surface area contributed by atoms with Crippen LogP contribution in [0.1, 0.15) is 21.6 Å². The number of aryl methyl sites for hydroxylation is 2. The smallest absolute Gasteiger partial charge is 0.341 e. The fraction of sp³-hybridized carbons (Fsp3) is 0.286. The van der Waals surface area contributed by atoms with Crippen molar-refractivity contribution in [3.05, 3.63) is 47.2 Å². The average Bonchev–Trinajstić information content (AvgIpc) is 2.65. The second-order valence-electron chi connectivity index (χ2n) is 4.40. The zero-order chi connectivity index (χ0) is 13.8. The van der Waals surface area contributed by atoms with Crippen LogP contribution in [0.15, 0.2) is 30.3 Å². The number of hydrogen-bond acceptors (Lipinski definition) is 3. The van der Waals surface area contributed by atoms with Crippen LogP contribution in [0.4, 0.5) is 5.82 Å². The standard InChI is InChI=1S/C14H17N3O2/c1-10-12(14(18)19)13(17(2)16-10)15-9-8-11-6-4-3-5-7-11/h3-7,15H,8-9H2,1-2H3,(H,18,19). The van der Waals surface area contributed by atoms with Crippen LogP contribution in [0.5, 0.6) is 0 Å². The quantitative estimate of drug-likeness (QED) is 0.862. The molecule has 2 rings (SSSR count). The Morgan fingerprint density at radius 2 is 2.05 bits per heavy atom. The van der Waals surface area contributed by atoms with Gasteiger partial charge in [0.15, 0.2) is 0 Å². The number of aromatic nitrogens is 2. The number of carboxylic acids is 1. The highest BCUT2D eigenvalue weighted by Crippen LogP contribution is 2.18. The molecule has 0 aliphatic heterocycles. The van der Waals surface area contributed by atoms with Gasteiger partial charge in [0.05, 0.1) is 5.69 Å². The molecular weight excluding hydrogens is 242 g/mol. The first kappa shape index (κ1) is 13.1. The fourth-order valence-electron chi connectivity index (χ4n) is 2.09. The number of anilines is 1. The molecule has 0 radical (unpaired) electrons. The predicted molar refractivity (Wildman–Crippen MR) is 73.5 cm³/mol. The summed E-state index contributed by atoms with van der Waals surface area (Å²) in [5, 5.41) is 16.5. The van der Waals surface area contributed by atoms with Gasteiger partial charge in [-0.3, -0.25) is 4.68 Å². The van der Waals surface area contributed by atoms with Crippen LogP contribution in [0.25, 0.3) is 0 Å². The molecule has 0 amide bonds. The Kier molecular flexibility index (Phi) is 3.85. The van der Waals surface area contributed by atoms with Crippen molar-refractivity contribution in [2.75, 3.05) is 11.9 Å². The SMILES string of the molecule is Cc1nn(C)c(NCCc2ccccc2)c1C(=O)O. The lowest BCUT2D eigenvalue weighted by atomic mass is 10.1. The van der Waals surface area contributed by atoms with E-state index in [1.165, 1.54) is 5.56 Å². The number of nitrogens with one attached hydrogen (secondary N) is 1. The molecule has 100 valence electrons. The number of hydrogen-bond donors (Lipinski definition) is 2. The minimum atomic E-state index is -0.951. The largest absolute Gasteiger partial charge is 0.477 e. The maximum atomic E-state index is 11.2. The molecule has 5 nitrogen and oxygen atoms in total. The van der Waals surface area contributed by atoms with E-state index in [1.807, 2.05) is 30.3 Å². The highest BCUT2D eigenvalue weighted by Gasteiger charge is 2.18. The van der Waals surface area contributed by atoms with Crippen molar-refractivity contribution in [2.45, 2.75) is 13.3 Å².